The van der Waals surface area contributed by atoms with Gasteiger partial charge in [-0.25, -0.2) is 4.99 Å². The molecule has 0 radical (unpaired) electrons. The van der Waals surface area contributed by atoms with Crippen LogP contribution in [0.5, 0.6) is 0 Å². The molecule has 3 rings (SSSR count). The number of nitrogens with zero attached hydrogens (tertiary/aromatic N) is 3. The van der Waals surface area contributed by atoms with Gasteiger partial charge in [0.1, 0.15) is 5.70 Å². The molecule has 2 fully saturated rings. The molecule has 186 valence electrons. The van der Waals surface area contributed by atoms with Gasteiger partial charge in [-0.2, -0.15) is 0 Å². The third kappa shape index (κ3) is 6.72. The van der Waals surface area contributed by atoms with E-state index in [9.17, 15) is 4.79 Å². The van der Waals surface area contributed by atoms with E-state index in [2.05, 4.69) is 66.8 Å². The highest BCUT2D eigenvalue weighted by Gasteiger charge is 2.28. The number of amides is 1. The van der Waals surface area contributed by atoms with E-state index in [0.29, 0.717) is 24.0 Å². The molecule has 0 aromatic heterocycles. The van der Waals surface area contributed by atoms with Gasteiger partial charge in [0, 0.05) is 50.0 Å². The number of nitrogens with one attached hydrogen (secondary N) is 1. The molecule has 34 heavy (non-hydrogen) atoms. The van der Waals surface area contributed by atoms with Gasteiger partial charge in [0.25, 0.3) is 5.91 Å². The second kappa shape index (κ2) is 11.7. The summed E-state index contributed by atoms with van der Waals surface area (Å²) < 4.78 is 0. The first-order chi connectivity index (χ1) is 16.2. The van der Waals surface area contributed by atoms with Gasteiger partial charge < -0.3 is 16.0 Å². The Morgan fingerprint density at radius 2 is 1.79 bits per heavy atom. The molecule has 1 aliphatic heterocycles. The average molecular weight is 466 g/mol. The number of rotatable bonds is 7. The Hall–Kier alpha value is -2.60. The molecule has 6 heteroatoms. The summed E-state index contributed by atoms with van der Waals surface area (Å²) in [7, 11) is 0. The third-order valence-electron chi connectivity index (χ3n) is 7.20. The lowest BCUT2D eigenvalue weighted by atomic mass is 9.87. The number of carbonyl (C=O) groups excluding carboxylic acids is 1. The van der Waals surface area contributed by atoms with Gasteiger partial charge >= 0.3 is 0 Å². The van der Waals surface area contributed by atoms with Gasteiger partial charge in [-0.15, -0.1) is 0 Å². The molecule has 1 aromatic rings. The Morgan fingerprint density at radius 1 is 1.12 bits per heavy atom. The molecule has 0 spiro atoms. The number of aliphatic imine (C=N–C) groups is 1. The number of nitrogens with two attached hydrogens (primary N) is 1. The molecule has 1 aliphatic carbocycles. The fourth-order valence-corrected chi connectivity index (χ4v) is 4.92. The summed E-state index contributed by atoms with van der Waals surface area (Å²) >= 11 is 0. The highest BCUT2D eigenvalue weighted by molar-refractivity contribution is 5.95. The van der Waals surface area contributed by atoms with Crippen molar-refractivity contribution >= 4 is 12.2 Å². The Bertz CT molecular complexity index is 904. The Balaban J connectivity index is 1.64. The van der Waals surface area contributed by atoms with Crippen molar-refractivity contribution in [1.82, 2.24) is 15.1 Å². The van der Waals surface area contributed by atoms with Crippen LogP contribution in [0.3, 0.4) is 0 Å². The predicted octanol–water partition coefficient (Wildman–Crippen LogP) is 4.33. The van der Waals surface area contributed by atoms with Crippen LogP contribution in [0.2, 0.25) is 0 Å². The maximum absolute atomic E-state index is 13.4. The fourth-order valence-electron chi connectivity index (χ4n) is 4.92. The number of benzene rings is 1. The van der Waals surface area contributed by atoms with Crippen LogP contribution >= 0.6 is 0 Å². The molecule has 0 bridgehead atoms. The highest BCUT2D eigenvalue weighted by atomic mass is 16.2. The van der Waals surface area contributed by atoms with E-state index >= 15 is 0 Å². The molecular formula is C28H43N5O. The van der Waals surface area contributed by atoms with Crippen molar-refractivity contribution in [3.63, 3.8) is 0 Å². The quantitative estimate of drug-likeness (QED) is 0.272. The fraction of sp³-hybridized carbons (Fsp3) is 0.571. The summed E-state index contributed by atoms with van der Waals surface area (Å²) in [6, 6.07) is 9.30. The topological polar surface area (TPSA) is 74.0 Å². The predicted molar refractivity (Wildman–Crippen MR) is 142 cm³/mol. The van der Waals surface area contributed by atoms with Crippen molar-refractivity contribution in [2.24, 2.45) is 10.7 Å². The van der Waals surface area contributed by atoms with Gasteiger partial charge in [-0.3, -0.25) is 9.69 Å². The minimum absolute atomic E-state index is 0.0649. The number of carbonyl (C=O) groups is 1. The maximum Gasteiger partial charge on any atom is 0.272 e. The Morgan fingerprint density at radius 3 is 2.41 bits per heavy atom. The summed E-state index contributed by atoms with van der Waals surface area (Å²) in [5.74, 6) is -0.0649. The van der Waals surface area contributed by atoms with Gasteiger partial charge in [-0.05, 0) is 42.7 Å². The van der Waals surface area contributed by atoms with E-state index in [1.165, 1.54) is 37.6 Å². The van der Waals surface area contributed by atoms with Crippen molar-refractivity contribution in [2.45, 2.75) is 77.8 Å². The van der Waals surface area contributed by atoms with Crippen LogP contribution in [-0.2, 0) is 16.8 Å². The van der Waals surface area contributed by atoms with Crippen LogP contribution in [-0.4, -0.2) is 54.3 Å². The first-order valence-electron chi connectivity index (χ1n) is 12.7. The first-order valence-corrected chi connectivity index (χ1v) is 12.7. The number of hydrogen-bond donors (Lipinski definition) is 2. The molecule has 1 heterocycles. The summed E-state index contributed by atoms with van der Waals surface area (Å²) in [4.78, 5) is 22.2. The average Bonchev–Trinajstić information content (AvgIpc) is 3.24. The van der Waals surface area contributed by atoms with Crippen LogP contribution in [0.4, 0.5) is 0 Å². The van der Waals surface area contributed by atoms with Gasteiger partial charge in [-0.1, -0.05) is 64.5 Å². The molecule has 3 N–H and O–H groups in total. The van der Waals surface area contributed by atoms with Crippen molar-refractivity contribution < 1.29 is 4.79 Å². The van der Waals surface area contributed by atoms with Crippen molar-refractivity contribution in [3.05, 3.63) is 58.9 Å². The number of allylic oxidation sites excluding steroid dienone is 1. The minimum atomic E-state index is -0.0649. The Labute approximate surface area is 206 Å². The molecule has 0 unspecified atom stereocenters. The lowest BCUT2D eigenvalue weighted by Crippen LogP contribution is -2.39. The normalized spacial score (nSPS) is 19.2. The standard InChI is InChI=1S/C28H43N5O/c1-21(22(2)30-19-23-11-13-24(14-12-23)28(3,4)5)26(31-20-29)27(34)33-16-8-15-32(17-18-33)25-9-6-7-10-25/h11-14,20,25,30H,2,6-10,15-19H2,1,3-5H3,(H2,29,31)/b26-21-. The molecule has 1 aromatic carbocycles. The molecule has 1 saturated carbocycles. The van der Waals surface area contributed by atoms with E-state index in [1.54, 1.807) is 0 Å². The zero-order valence-corrected chi connectivity index (χ0v) is 21.6. The molecule has 6 nitrogen and oxygen atoms in total. The SMILES string of the molecule is C=C(NCc1ccc(C(C)(C)C)cc1)/C(C)=C(\N=C/N)C(=O)N1CCCN(C2CCCC2)CC1. The first kappa shape index (κ1) is 26.0. The second-order valence-electron chi connectivity index (χ2n) is 10.7. The summed E-state index contributed by atoms with van der Waals surface area (Å²) in [6.07, 6.45) is 7.44. The lowest BCUT2D eigenvalue weighted by Gasteiger charge is -2.27. The summed E-state index contributed by atoms with van der Waals surface area (Å²) in [6.45, 7) is 16.8. The van der Waals surface area contributed by atoms with E-state index < -0.39 is 0 Å². The smallest absolute Gasteiger partial charge is 0.272 e. The van der Waals surface area contributed by atoms with Crippen LogP contribution in [0, 0.1) is 0 Å². The maximum atomic E-state index is 13.4. The zero-order valence-electron chi connectivity index (χ0n) is 21.6. The Kier molecular flexibility index (Phi) is 8.95. The van der Waals surface area contributed by atoms with E-state index in [4.69, 9.17) is 5.73 Å². The van der Waals surface area contributed by atoms with E-state index in [0.717, 1.165) is 43.7 Å². The molecule has 1 amide bonds. The van der Waals surface area contributed by atoms with Gasteiger partial charge in [0.2, 0.25) is 0 Å². The van der Waals surface area contributed by atoms with Crippen LogP contribution in [0.1, 0.15) is 70.9 Å². The van der Waals surface area contributed by atoms with Crippen molar-refractivity contribution in [2.75, 3.05) is 26.2 Å². The molecule has 1 saturated heterocycles. The largest absolute Gasteiger partial charge is 0.390 e. The monoisotopic (exact) mass is 465 g/mol. The summed E-state index contributed by atoms with van der Waals surface area (Å²) in [5, 5.41) is 3.36. The zero-order chi connectivity index (χ0) is 24.7. The number of hydrogen-bond acceptors (Lipinski definition) is 4. The second-order valence-corrected chi connectivity index (χ2v) is 10.7. The van der Waals surface area contributed by atoms with Crippen molar-refractivity contribution in [3.8, 4) is 0 Å². The molecule has 0 atom stereocenters. The van der Waals surface area contributed by atoms with Crippen LogP contribution in [0.15, 0.2) is 52.8 Å². The minimum Gasteiger partial charge on any atom is -0.390 e. The van der Waals surface area contributed by atoms with Gasteiger partial charge in [0.15, 0.2) is 0 Å². The van der Waals surface area contributed by atoms with Crippen LogP contribution < -0.4 is 11.1 Å². The lowest BCUT2D eigenvalue weighted by molar-refractivity contribution is -0.127. The summed E-state index contributed by atoms with van der Waals surface area (Å²) in [5.41, 5.74) is 10.0. The van der Waals surface area contributed by atoms with Crippen molar-refractivity contribution in [1.29, 1.82) is 0 Å². The van der Waals surface area contributed by atoms with Crippen LogP contribution in [0.25, 0.3) is 0 Å². The molecule has 2 aliphatic rings. The van der Waals surface area contributed by atoms with Gasteiger partial charge in [0.05, 0.1) is 6.34 Å². The highest BCUT2D eigenvalue weighted by Crippen LogP contribution is 2.25. The van der Waals surface area contributed by atoms with E-state index in [1.807, 2.05) is 11.8 Å². The van der Waals surface area contributed by atoms with E-state index in [-0.39, 0.29) is 11.3 Å². The third-order valence-corrected chi connectivity index (χ3v) is 7.20. The molecular weight excluding hydrogens is 422 g/mol.